The molecule has 0 unspecified atom stereocenters. The molecule has 2 aliphatic rings. The van der Waals surface area contributed by atoms with Gasteiger partial charge in [-0.2, -0.15) is 8.42 Å². The molecule has 4 amide bonds. The number of anilines is 3. The number of nitrogens with zero attached hydrogens (tertiary/aromatic N) is 2. The van der Waals surface area contributed by atoms with Crippen LogP contribution in [-0.2, 0) is 23.9 Å². The van der Waals surface area contributed by atoms with Crippen molar-refractivity contribution in [1.29, 1.82) is 0 Å². The van der Waals surface area contributed by atoms with E-state index in [1.54, 1.807) is 0 Å². The molecule has 16 heteroatoms. The van der Waals surface area contributed by atoms with Crippen LogP contribution in [0.4, 0.5) is 35.2 Å². The molecule has 1 aromatic heterocycles. The number of urea groups is 1. The van der Waals surface area contributed by atoms with Crippen molar-refractivity contribution in [2.75, 3.05) is 34.8 Å². The summed E-state index contributed by atoms with van der Waals surface area (Å²) in [7, 11) is -3.65. The third kappa shape index (κ3) is 6.92. The van der Waals surface area contributed by atoms with Crippen LogP contribution in [0.1, 0.15) is 19.8 Å². The largest absolute Gasteiger partial charge is 0.454 e. The normalized spacial score (nSPS) is 15.6. The van der Waals surface area contributed by atoms with Crippen molar-refractivity contribution < 1.29 is 44.9 Å². The standard InChI is InChI=1S/C28H26F3N5O7S/c1-2-44(40,41)43-19-14-36(15-19)27(39)35-24-11-18(7-10-32-24)42-23-13-20(30)22(12-21(23)31)34-26(38)28(8-9-28)25(37)33-17-5-3-16(29)4-6-17/h3-7,10-13,19H,2,8-9,14-15H2,1H3,(H,33,37)(H,34,38)(H,32,35,39). The van der Waals surface area contributed by atoms with E-state index in [4.69, 9.17) is 8.92 Å². The van der Waals surface area contributed by atoms with E-state index in [9.17, 15) is 36.0 Å². The number of carbonyl (C=O) groups excluding carboxylic acids is 3. The first kappa shape index (κ1) is 30.7. The number of carbonyl (C=O) groups is 3. The van der Waals surface area contributed by atoms with Crippen molar-refractivity contribution in [3.8, 4) is 11.5 Å². The van der Waals surface area contributed by atoms with Crippen LogP contribution < -0.4 is 20.7 Å². The van der Waals surface area contributed by atoms with Gasteiger partial charge in [-0.1, -0.05) is 0 Å². The number of hydrogen-bond acceptors (Lipinski definition) is 8. The molecule has 0 radical (unpaired) electrons. The summed E-state index contributed by atoms with van der Waals surface area (Å²) in [5, 5.41) is 7.28. The summed E-state index contributed by atoms with van der Waals surface area (Å²) in [6.45, 7) is 1.54. The molecule has 5 rings (SSSR count). The number of benzene rings is 2. The Morgan fingerprint density at radius 3 is 2.30 bits per heavy atom. The number of ether oxygens (including phenoxy) is 1. The summed E-state index contributed by atoms with van der Waals surface area (Å²) in [5.74, 6) is -4.74. The zero-order valence-electron chi connectivity index (χ0n) is 23.1. The number of nitrogens with one attached hydrogen (secondary N) is 3. The average molecular weight is 634 g/mol. The minimum atomic E-state index is -3.65. The summed E-state index contributed by atoms with van der Waals surface area (Å²) in [5.41, 5.74) is -1.72. The van der Waals surface area contributed by atoms with Crippen LogP contribution in [0.5, 0.6) is 11.5 Å². The summed E-state index contributed by atoms with van der Waals surface area (Å²) in [6, 6.07) is 8.38. The maximum atomic E-state index is 14.9. The fourth-order valence-electron chi connectivity index (χ4n) is 4.21. The van der Waals surface area contributed by atoms with Crippen molar-refractivity contribution in [3.63, 3.8) is 0 Å². The molecular weight excluding hydrogens is 607 g/mol. The van der Waals surface area contributed by atoms with Gasteiger partial charge in [-0.25, -0.2) is 22.9 Å². The number of likely N-dealkylation sites (tertiary alicyclic amines) is 1. The molecule has 232 valence electrons. The molecule has 1 saturated carbocycles. The molecule has 12 nitrogen and oxygen atoms in total. The predicted molar refractivity (Wildman–Crippen MR) is 151 cm³/mol. The maximum absolute atomic E-state index is 14.9. The number of amides is 4. The predicted octanol–water partition coefficient (Wildman–Crippen LogP) is 4.23. The highest BCUT2D eigenvalue weighted by Gasteiger charge is 2.56. The van der Waals surface area contributed by atoms with Gasteiger partial charge in [0.05, 0.1) is 24.5 Å². The smallest absolute Gasteiger partial charge is 0.323 e. The van der Waals surface area contributed by atoms with Crippen molar-refractivity contribution >= 4 is 45.2 Å². The van der Waals surface area contributed by atoms with Gasteiger partial charge in [0.25, 0.3) is 10.1 Å². The quantitative estimate of drug-likeness (QED) is 0.221. The summed E-state index contributed by atoms with van der Waals surface area (Å²) >= 11 is 0. The molecule has 2 aromatic carbocycles. The van der Waals surface area contributed by atoms with Gasteiger partial charge in [-0.05, 0) is 50.1 Å². The lowest BCUT2D eigenvalue weighted by molar-refractivity contribution is -0.131. The SMILES string of the molecule is CCS(=O)(=O)OC1CN(C(=O)Nc2cc(Oc3cc(F)c(NC(=O)C4(C(=O)Nc5ccc(F)cc5)CC4)cc3F)ccn2)C1. The average Bonchev–Trinajstić information content (AvgIpc) is 3.77. The zero-order chi connectivity index (χ0) is 31.6. The van der Waals surface area contributed by atoms with E-state index in [1.165, 1.54) is 42.3 Å². The lowest BCUT2D eigenvalue weighted by atomic mass is 10.0. The highest BCUT2D eigenvalue weighted by Crippen LogP contribution is 2.48. The summed E-state index contributed by atoms with van der Waals surface area (Å²) < 4.78 is 76.4. The van der Waals surface area contributed by atoms with E-state index >= 15 is 0 Å². The first-order valence-corrected chi connectivity index (χ1v) is 14.9. The fourth-order valence-corrected chi connectivity index (χ4v) is 4.88. The lowest BCUT2D eigenvalue weighted by Crippen LogP contribution is -2.56. The molecule has 0 spiro atoms. The van der Waals surface area contributed by atoms with Crippen LogP contribution in [0.25, 0.3) is 0 Å². The van der Waals surface area contributed by atoms with E-state index in [1.807, 2.05) is 0 Å². The van der Waals surface area contributed by atoms with Crippen LogP contribution in [0.3, 0.4) is 0 Å². The Bertz CT molecular complexity index is 1710. The number of pyridine rings is 1. The van der Waals surface area contributed by atoms with Gasteiger partial charge in [-0.3, -0.25) is 19.1 Å². The first-order valence-electron chi connectivity index (χ1n) is 13.4. The fraction of sp³-hybridized carbons (Fsp3) is 0.286. The van der Waals surface area contributed by atoms with Crippen molar-refractivity contribution in [2.24, 2.45) is 5.41 Å². The zero-order valence-corrected chi connectivity index (χ0v) is 23.9. The van der Waals surface area contributed by atoms with Crippen LogP contribution in [0, 0.1) is 22.9 Å². The molecule has 3 N–H and O–H groups in total. The topological polar surface area (TPSA) is 156 Å². The monoisotopic (exact) mass is 633 g/mol. The second-order valence-electron chi connectivity index (χ2n) is 10.1. The molecule has 0 atom stereocenters. The van der Waals surface area contributed by atoms with Crippen molar-refractivity contribution in [1.82, 2.24) is 9.88 Å². The summed E-state index contributed by atoms with van der Waals surface area (Å²) in [4.78, 5) is 43.3. The molecule has 3 aromatic rings. The van der Waals surface area contributed by atoms with Crippen LogP contribution >= 0.6 is 0 Å². The minimum Gasteiger partial charge on any atom is -0.454 e. The molecule has 1 aliphatic carbocycles. The number of rotatable bonds is 10. The second kappa shape index (κ2) is 12.1. The van der Waals surface area contributed by atoms with Gasteiger partial charge in [0.2, 0.25) is 11.8 Å². The second-order valence-corrected chi connectivity index (χ2v) is 12.0. The Balaban J connectivity index is 1.18. The van der Waals surface area contributed by atoms with Gasteiger partial charge < -0.3 is 20.3 Å². The Morgan fingerprint density at radius 2 is 1.64 bits per heavy atom. The number of aromatic nitrogens is 1. The Hall–Kier alpha value is -4.70. The Labute approximate surface area is 249 Å². The highest BCUT2D eigenvalue weighted by atomic mass is 32.2. The number of hydrogen-bond donors (Lipinski definition) is 3. The number of halogens is 3. The van der Waals surface area contributed by atoms with E-state index in [0.29, 0.717) is 12.1 Å². The van der Waals surface area contributed by atoms with Crippen molar-refractivity contribution in [3.05, 3.63) is 72.2 Å². The third-order valence-electron chi connectivity index (χ3n) is 6.96. The van der Waals surface area contributed by atoms with E-state index < -0.39 is 68.4 Å². The van der Waals surface area contributed by atoms with Crippen LogP contribution in [0.15, 0.2) is 54.7 Å². The molecule has 2 fully saturated rings. The Kier molecular flexibility index (Phi) is 8.47. The van der Waals surface area contributed by atoms with E-state index in [0.717, 1.165) is 12.1 Å². The van der Waals surface area contributed by atoms with E-state index in [2.05, 4.69) is 20.9 Å². The van der Waals surface area contributed by atoms with Gasteiger partial charge >= 0.3 is 6.03 Å². The third-order valence-corrected chi connectivity index (χ3v) is 8.23. The highest BCUT2D eigenvalue weighted by molar-refractivity contribution is 7.86. The lowest BCUT2D eigenvalue weighted by Gasteiger charge is -2.37. The maximum Gasteiger partial charge on any atom is 0.323 e. The molecule has 2 heterocycles. The van der Waals surface area contributed by atoms with Gasteiger partial charge in [-0.15, -0.1) is 0 Å². The van der Waals surface area contributed by atoms with Gasteiger partial charge in [0, 0.05) is 30.1 Å². The molecule has 1 saturated heterocycles. The van der Waals surface area contributed by atoms with Gasteiger partial charge in [0.1, 0.15) is 28.9 Å². The molecule has 44 heavy (non-hydrogen) atoms. The Morgan fingerprint density at radius 1 is 0.955 bits per heavy atom. The molecule has 0 bridgehead atoms. The van der Waals surface area contributed by atoms with Crippen LogP contribution in [-0.4, -0.2) is 61.1 Å². The van der Waals surface area contributed by atoms with E-state index in [-0.39, 0.29) is 48.9 Å². The molecular formula is C28H26F3N5O7S. The van der Waals surface area contributed by atoms with Gasteiger partial charge in [0.15, 0.2) is 17.4 Å². The summed E-state index contributed by atoms with van der Waals surface area (Å²) in [6.07, 6.45) is 0.985. The van der Waals surface area contributed by atoms with Crippen molar-refractivity contribution in [2.45, 2.75) is 25.9 Å². The minimum absolute atomic E-state index is 0.00126. The van der Waals surface area contributed by atoms with Crippen LogP contribution in [0.2, 0.25) is 0 Å². The first-order chi connectivity index (χ1) is 20.9. The molecule has 1 aliphatic heterocycles.